The number of imide groups is 2. The number of benzene rings is 1. The molecule has 1 unspecified atom stereocenters. The third kappa shape index (κ3) is 6.27. The Balaban J connectivity index is 1.51. The summed E-state index contributed by atoms with van der Waals surface area (Å²) >= 11 is 0. The molecule has 0 spiro atoms. The van der Waals surface area contributed by atoms with E-state index in [4.69, 9.17) is 4.74 Å². The number of piperidine rings is 1. The van der Waals surface area contributed by atoms with E-state index < -0.39 is 35.3 Å². The lowest BCUT2D eigenvalue weighted by molar-refractivity contribution is -0.155. The Morgan fingerprint density at radius 3 is 2.50 bits per heavy atom. The van der Waals surface area contributed by atoms with E-state index in [-0.39, 0.29) is 49.7 Å². The van der Waals surface area contributed by atoms with E-state index in [1.807, 2.05) is 0 Å². The first-order chi connectivity index (χ1) is 15.9. The molecule has 0 radical (unpaired) electrons. The highest BCUT2D eigenvalue weighted by Crippen LogP contribution is 2.28. The van der Waals surface area contributed by atoms with Gasteiger partial charge in [-0.2, -0.15) is 0 Å². The lowest BCUT2D eigenvalue weighted by Gasteiger charge is -2.29. The molecule has 1 aromatic carbocycles. The highest BCUT2D eigenvalue weighted by Gasteiger charge is 2.39. The zero-order valence-electron chi connectivity index (χ0n) is 19.6. The first-order valence-electron chi connectivity index (χ1n) is 11.3. The minimum Gasteiger partial charge on any atom is -0.460 e. The third-order valence-electron chi connectivity index (χ3n) is 5.50. The van der Waals surface area contributed by atoms with Crippen molar-refractivity contribution >= 4 is 35.5 Å². The van der Waals surface area contributed by atoms with Crippen LogP contribution in [0.1, 0.15) is 85.6 Å². The summed E-state index contributed by atoms with van der Waals surface area (Å²) in [6, 6.07) is 3.82. The molecular weight excluding hydrogens is 442 g/mol. The number of unbranched alkanes of at least 4 members (excludes halogenated alkanes) is 1. The monoisotopic (exact) mass is 471 g/mol. The quantitative estimate of drug-likeness (QED) is 0.350. The maximum atomic E-state index is 12.9. The van der Waals surface area contributed by atoms with E-state index in [0.717, 1.165) is 0 Å². The van der Waals surface area contributed by atoms with Crippen molar-refractivity contribution < 1.29 is 33.5 Å². The van der Waals surface area contributed by atoms with Crippen molar-refractivity contribution in [3.63, 3.8) is 0 Å². The van der Waals surface area contributed by atoms with Crippen LogP contribution < -0.4 is 10.6 Å². The lowest BCUT2D eigenvalue weighted by atomic mass is 10.0. The van der Waals surface area contributed by atoms with E-state index in [2.05, 4.69) is 10.6 Å². The number of rotatable bonds is 7. The smallest absolute Gasteiger partial charge is 0.306 e. The number of fused-ring (bicyclic) bond motifs is 1. The molecule has 0 saturated carbocycles. The molecule has 182 valence electrons. The average molecular weight is 472 g/mol. The summed E-state index contributed by atoms with van der Waals surface area (Å²) < 4.78 is 5.21. The fraction of sp³-hybridized carbons (Fsp3) is 0.500. The third-order valence-corrected chi connectivity index (χ3v) is 5.50. The van der Waals surface area contributed by atoms with Crippen molar-refractivity contribution in [2.45, 2.75) is 77.5 Å². The number of amides is 5. The number of nitrogens with zero attached hydrogens (tertiary/aromatic N) is 1. The summed E-state index contributed by atoms with van der Waals surface area (Å²) in [5.74, 6) is -2.71. The van der Waals surface area contributed by atoms with Crippen molar-refractivity contribution in [1.82, 2.24) is 15.5 Å². The summed E-state index contributed by atoms with van der Waals surface area (Å²) in [6.07, 6.45) is 1.54. The first-order valence-corrected chi connectivity index (χ1v) is 11.3. The first kappa shape index (κ1) is 25.1. The highest BCUT2D eigenvalue weighted by atomic mass is 16.6. The van der Waals surface area contributed by atoms with E-state index in [1.165, 1.54) is 17.0 Å². The molecule has 0 bridgehead atoms. The van der Waals surface area contributed by atoms with Gasteiger partial charge in [0.2, 0.25) is 17.7 Å². The van der Waals surface area contributed by atoms with Gasteiger partial charge in [0.15, 0.2) is 0 Å². The number of hydrogen-bond acceptors (Lipinski definition) is 7. The fourth-order valence-electron chi connectivity index (χ4n) is 3.90. The molecule has 34 heavy (non-hydrogen) atoms. The molecule has 0 aliphatic carbocycles. The molecule has 5 amide bonds. The van der Waals surface area contributed by atoms with Crippen molar-refractivity contribution in [3.05, 3.63) is 34.9 Å². The molecule has 2 aliphatic rings. The van der Waals surface area contributed by atoms with E-state index in [9.17, 15) is 28.8 Å². The Bertz CT molecular complexity index is 1040. The molecule has 1 saturated heterocycles. The van der Waals surface area contributed by atoms with Gasteiger partial charge in [0.25, 0.3) is 11.8 Å². The van der Waals surface area contributed by atoms with Crippen LogP contribution in [-0.4, -0.2) is 52.0 Å². The van der Waals surface area contributed by atoms with E-state index >= 15 is 0 Å². The topological polar surface area (TPSA) is 139 Å². The summed E-state index contributed by atoms with van der Waals surface area (Å²) in [5, 5.41) is 4.54. The Morgan fingerprint density at radius 1 is 1.12 bits per heavy atom. The van der Waals surface area contributed by atoms with Crippen LogP contribution in [0.3, 0.4) is 0 Å². The molecule has 3 rings (SSSR count). The number of esters is 1. The second-order valence-electron chi connectivity index (χ2n) is 9.44. The van der Waals surface area contributed by atoms with Crippen molar-refractivity contribution in [2.75, 3.05) is 0 Å². The maximum Gasteiger partial charge on any atom is 0.306 e. The molecule has 10 heteroatoms. The van der Waals surface area contributed by atoms with Gasteiger partial charge >= 0.3 is 5.97 Å². The maximum absolute atomic E-state index is 12.9. The zero-order valence-corrected chi connectivity index (χ0v) is 19.6. The zero-order chi connectivity index (χ0) is 25.0. The van der Waals surface area contributed by atoms with Gasteiger partial charge in [-0.3, -0.25) is 39.4 Å². The van der Waals surface area contributed by atoms with Gasteiger partial charge in [0.1, 0.15) is 11.6 Å². The van der Waals surface area contributed by atoms with Crippen LogP contribution in [0.5, 0.6) is 0 Å². The lowest BCUT2D eigenvalue weighted by Crippen LogP contribution is -2.52. The van der Waals surface area contributed by atoms with Crippen LogP contribution in [0, 0.1) is 0 Å². The second kappa shape index (κ2) is 10.1. The molecule has 1 atom stereocenters. The molecule has 2 N–H and O–H groups in total. The Kier molecular flexibility index (Phi) is 7.48. The average Bonchev–Trinajstić information content (AvgIpc) is 3.05. The molecule has 2 aliphatic heterocycles. The van der Waals surface area contributed by atoms with Gasteiger partial charge in [-0.1, -0.05) is 6.07 Å². The summed E-state index contributed by atoms with van der Waals surface area (Å²) in [7, 11) is 0. The number of carbonyl (C=O) groups excluding carboxylic acids is 6. The predicted octanol–water partition coefficient (Wildman–Crippen LogP) is 1.61. The predicted molar refractivity (Wildman–Crippen MR) is 119 cm³/mol. The van der Waals surface area contributed by atoms with Crippen LogP contribution in [0.4, 0.5) is 0 Å². The van der Waals surface area contributed by atoms with E-state index in [0.29, 0.717) is 24.0 Å². The van der Waals surface area contributed by atoms with Gasteiger partial charge < -0.3 is 9.64 Å². The summed E-state index contributed by atoms with van der Waals surface area (Å²) in [6.45, 7) is 5.55. The standard InChI is InChI=1S/C24H29N3O7/c1-24(2,3)34-20(30)7-5-4-6-18(28)25-21(31)14-8-9-15-13-27(23(33)16(15)12-14)17-10-11-19(29)26-22(17)32/h8-9,12,17H,4-7,10-11,13H2,1-3H3,(H,25,28,31)(H,26,29,32). The van der Waals surface area contributed by atoms with Gasteiger partial charge in [-0.15, -0.1) is 0 Å². The van der Waals surface area contributed by atoms with Gasteiger partial charge in [0, 0.05) is 36.9 Å². The minimum atomic E-state index is -0.739. The molecule has 10 nitrogen and oxygen atoms in total. The van der Waals surface area contributed by atoms with Gasteiger partial charge in [0.05, 0.1) is 0 Å². The second-order valence-corrected chi connectivity index (χ2v) is 9.44. The largest absolute Gasteiger partial charge is 0.460 e. The summed E-state index contributed by atoms with van der Waals surface area (Å²) in [5.41, 5.74) is 0.554. The van der Waals surface area contributed by atoms with Crippen LogP contribution in [0.25, 0.3) is 0 Å². The van der Waals surface area contributed by atoms with E-state index in [1.54, 1.807) is 26.8 Å². The summed E-state index contributed by atoms with van der Waals surface area (Å²) in [4.78, 5) is 74.1. The SMILES string of the molecule is CC(C)(C)OC(=O)CCCCC(=O)NC(=O)c1ccc2c(c1)C(=O)N(C1CCC(=O)NC1=O)C2. The normalized spacial score (nSPS) is 17.8. The number of carbonyl (C=O) groups is 6. The fourth-order valence-corrected chi connectivity index (χ4v) is 3.90. The number of hydrogen-bond donors (Lipinski definition) is 2. The Hall–Kier alpha value is -3.56. The van der Waals surface area contributed by atoms with Gasteiger partial charge in [-0.05, 0) is 57.7 Å². The molecule has 1 aromatic rings. The van der Waals surface area contributed by atoms with Crippen LogP contribution >= 0.6 is 0 Å². The van der Waals surface area contributed by atoms with Crippen molar-refractivity contribution in [3.8, 4) is 0 Å². The molecule has 1 fully saturated rings. The number of ether oxygens (including phenoxy) is 1. The van der Waals surface area contributed by atoms with Crippen LogP contribution in [-0.2, 0) is 30.5 Å². The molecular formula is C24H29N3O7. The number of nitrogens with one attached hydrogen (secondary N) is 2. The minimum absolute atomic E-state index is 0.0711. The van der Waals surface area contributed by atoms with Crippen molar-refractivity contribution in [2.24, 2.45) is 0 Å². The van der Waals surface area contributed by atoms with Crippen molar-refractivity contribution in [1.29, 1.82) is 0 Å². The van der Waals surface area contributed by atoms with Gasteiger partial charge in [-0.25, -0.2) is 0 Å². The molecule has 0 aromatic heterocycles. The Labute approximate surface area is 197 Å². The van der Waals surface area contributed by atoms with Crippen LogP contribution in [0.15, 0.2) is 18.2 Å². The molecule has 2 heterocycles. The highest BCUT2D eigenvalue weighted by molar-refractivity contribution is 6.08. The Morgan fingerprint density at radius 2 is 1.82 bits per heavy atom. The van der Waals surface area contributed by atoms with Crippen LogP contribution in [0.2, 0.25) is 0 Å².